The molecule has 1 amide bonds. The van der Waals surface area contributed by atoms with Gasteiger partial charge in [0.25, 0.3) is 11.5 Å². The van der Waals surface area contributed by atoms with E-state index in [-0.39, 0.29) is 30.0 Å². The van der Waals surface area contributed by atoms with E-state index in [1.165, 1.54) is 16.7 Å². The Hall–Kier alpha value is -2.64. The van der Waals surface area contributed by atoms with Gasteiger partial charge in [0.15, 0.2) is 0 Å². The average Bonchev–Trinajstić information content (AvgIpc) is 3.05. The number of pyridine rings is 1. The summed E-state index contributed by atoms with van der Waals surface area (Å²) >= 11 is 6.56. The van der Waals surface area contributed by atoms with Crippen molar-refractivity contribution in [1.29, 1.82) is 5.26 Å². The first kappa shape index (κ1) is 26.0. The number of aliphatic carboxylic acids is 1. The third kappa shape index (κ3) is 5.36. The highest BCUT2D eigenvalue weighted by atomic mass is 32.2. The van der Waals surface area contributed by atoms with Crippen LogP contribution in [0.2, 0.25) is 0 Å². The lowest BCUT2D eigenvalue weighted by Gasteiger charge is -2.35. The number of anilines is 1. The molecule has 1 N–H and O–H groups in total. The lowest BCUT2D eigenvalue weighted by atomic mass is 9.97. The number of carbonyl (C=O) groups is 2. The summed E-state index contributed by atoms with van der Waals surface area (Å²) in [4.78, 5) is 41.2. The SMILES string of the molecule is CCCn1c(N2CCC(C)CC2)c(/C=C2\SC(=S)N(CCCC(=O)O)C2=O)c(C)c(C#N)c1=O. The van der Waals surface area contributed by atoms with E-state index in [4.69, 9.17) is 17.3 Å². The number of aromatic nitrogens is 1. The molecule has 10 heteroatoms. The molecule has 182 valence electrons. The number of carboxylic acid groups (broad SMARTS) is 1. The van der Waals surface area contributed by atoms with Crippen molar-refractivity contribution in [3.05, 3.63) is 31.9 Å². The summed E-state index contributed by atoms with van der Waals surface area (Å²) in [5.74, 6) is 0.169. The molecule has 0 atom stereocenters. The van der Waals surface area contributed by atoms with Crippen molar-refractivity contribution < 1.29 is 14.7 Å². The number of carboxylic acids is 1. The fourth-order valence-corrected chi connectivity index (χ4v) is 5.64. The molecular formula is C24H30N4O4S2. The molecular weight excluding hydrogens is 472 g/mol. The molecule has 0 unspecified atom stereocenters. The predicted molar refractivity (Wildman–Crippen MR) is 138 cm³/mol. The topological polar surface area (TPSA) is 107 Å². The molecule has 0 bridgehead atoms. The maximum Gasteiger partial charge on any atom is 0.303 e. The van der Waals surface area contributed by atoms with Crippen molar-refractivity contribution in [3.63, 3.8) is 0 Å². The Morgan fingerprint density at radius 2 is 1.97 bits per heavy atom. The van der Waals surface area contributed by atoms with Gasteiger partial charge in [-0.3, -0.25) is 23.9 Å². The van der Waals surface area contributed by atoms with Crippen LogP contribution in [0.15, 0.2) is 9.70 Å². The van der Waals surface area contributed by atoms with Crippen LogP contribution in [0, 0.1) is 24.2 Å². The lowest BCUT2D eigenvalue weighted by Crippen LogP contribution is -2.39. The number of amides is 1. The highest BCUT2D eigenvalue weighted by Crippen LogP contribution is 2.36. The Labute approximate surface area is 209 Å². The van der Waals surface area contributed by atoms with Gasteiger partial charge in [-0.1, -0.05) is 37.8 Å². The summed E-state index contributed by atoms with van der Waals surface area (Å²) in [6.07, 6.45) is 4.77. The Bertz CT molecular complexity index is 1130. The van der Waals surface area contributed by atoms with Gasteiger partial charge in [-0.2, -0.15) is 5.26 Å². The maximum absolute atomic E-state index is 13.2. The first-order valence-corrected chi connectivity index (χ1v) is 12.8. The van der Waals surface area contributed by atoms with Crippen LogP contribution in [-0.2, 0) is 16.1 Å². The molecule has 1 aromatic rings. The van der Waals surface area contributed by atoms with E-state index in [0.717, 1.165) is 38.2 Å². The summed E-state index contributed by atoms with van der Waals surface area (Å²) in [6.45, 7) is 8.28. The van der Waals surface area contributed by atoms with Gasteiger partial charge >= 0.3 is 5.97 Å². The van der Waals surface area contributed by atoms with Crippen LogP contribution in [-0.4, -0.2) is 50.4 Å². The van der Waals surface area contributed by atoms with Gasteiger partial charge in [0, 0.05) is 38.2 Å². The largest absolute Gasteiger partial charge is 0.481 e. The number of hydrogen-bond donors (Lipinski definition) is 1. The molecule has 2 aliphatic heterocycles. The predicted octanol–water partition coefficient (Wildman–Crippen LogP) is 3.74. The molecule has 34 heavy (non-hydrogen) atoms. The van der Waals surface area contributed by atoms with Gasteiger partial charge in [0.2, 0.25) is 0 Å². The highest BCUT2D eigenvalue weighted by molar-refractivity contribution is 8.26. The van der Waals surface area contributed by atoms with E-state index in [9.17, 15) is 19.6 Å². The third-order valence-corrected chi connectivity index (χ3v) is 7.68. The van der Waals surface area contributed by atoms with Gasteiger partial charge in [0.05, 0.1) is 4.91 Å². The second-order valence-electron chi connectivity index (χ2n) is 8.81. The van der Waals surface area contributed by atoms with Crippen LogP contribution in [0.1, 0.15) is 62.6 Å². The van der Waals surface area contributed by atoms with Crippen molar-refractivity contribution in [3.8, 4) is 6.07 Å². The number of nitrogens with zero attached hydrogens (tertiary/aromatic N) is 4. The lowest BCUT2D eigenvalue weighted by molar-refractivity contribution is -0.137. The van der Waals surface area contributed by atoms with E-state index < -0.39 is 5.97 Å². The summed E-state index contributed by atoms with van der Waals surface area (Å²) in [5, 5.41) is 18.6. The number of thioether (sulfide) groups is 1. The summed E-state index contributed by atoms with van der Waals surface area (Å²) in [5.41, 5.74) is 1.05. The van der Waals surface area contributed by atoms with Gasteiger partial charge in [-0.05, 0) is 50.2 Å². The zero-order valence-corrected chi connectivity index (χ0v) is 21.4. The van der Waals surface area contributed by atoms with Crippen molar-refractivity contribution in [2.75, 3.05) is 24.5 Å². The van der Waals surface area contributed by atoms with Crippen LogP contribution < -0.4 is 10.5 Å². The third-order valence-electron chi connectivity index (χ3n) is 6.30. The molecule has 0 radical (unpaired) electrons. The first-order chi connectivity index (χ1) is 16.2. The molecule has 2 saturated heterocycles. The van der Waals surface area contributed by atoms with Crippen LogP contribution >= 0.6 is 24.0 Å². The molecule has 0 saturated carbocycles. The number of rotatable bonds is 8. The Balaban J connectivity index is 2.10. The number of carbonyl (C=O) groups excluding carboxylic acids is 1. The van der Waals surface area contributed by atoms with E-state index in [1.807, 2.05) is 6.92 Å². The van der Waals surface area contributed by atoms with E-state index >= 15 is 0 Å². The molecule has 2 aliphatic rings. The first-order valence-electron chi connectivity index (χ1n) is 11.6. The van der Waals surface area contributed by atoms with Crippen LogP contribution in [0.3, 0.4) is 0 Å². The fraction of sp³-hybridized carbons (Fsp3) is 0.542. The maximum atomic E-state index is 13.2. The summed E-state index contributed by atoms with van der Waals surface area (Å²) in [7, 11) is 0. The molecule has 3 heterocycles. The summed E-state index contributed by atoms with van der Waals surface area (Å²) in [6, 6.07) is 2.07. The minimum atomic E-state index is -0.917. The second kappa shape index (κ2) is 11.2. The summed E-state index contributed by atoms with van der Waals surface area (Å²) < 4.78 is 2.07. The van der Waals surface area contributed by atoms with Crippen molar-refractivity contribution >= 4 is 52.1 Å². The molecule has 3 rings (SSSR count). The molecule has 2 fully saturated rings. The van der Waals surface area contributed by atoms with Gasteiger partial charge in [-0.25, -0.2) is 0 Å². The second-order valence-corrected chi connectivity index (χ2v) is 10.5. The van der Waals surface area contributed by atoms with Crippen molar-refractivity contribution in [1.82, 2.24) is 9.47 Å². The van der Waals surface area contributed by atoms with E-state index in [0.29, 0.717) is 39.2 Å². The minimum absolute atomic E-state index is 0.0414. The average molecular weight is 503 g/mol. The standard InChI is InChI=1S/C24H30N4O4S2/c1-4-9-27-21(26-11-7-15(2)8-12-26)17(16(3)18(14-25)22(27)31)13-19-23(32)28(24(33)34-19)10-5-6-20(29)30/h13,15H,4-12H2,1-3H3,(H,29,30)/b19-13-. The van der Waals surface area contributed by atoms with Gasteiger partial charge < -0.3 is 10.0 Å². The molecule has 1 aromatic heterocycles. The van der Waals surface area contributed by atoms with Crippen LogP contribution in [0.5, 0.6) is 0 Å². The fourth-order valence-electron chi connectivity index (χ4n) is 4.35. The molecule has 0 aromatic carbocycles. The Kier molecular flexibility index (Phi) is 8.55. The number of thiocarbonyl (C=S) groups is 1. The Morgan fingerprint density at radius 1 is 1.29 bits per heavy atom. The number of nitriles is 1. The normalized spacial score (nSPS) is 18.1. The van der Waals surface area contributed by atoms with Crippen molar-refractivity contribution in [2.45, 2.75) is 59.4 Å². The molecule has 0 aliphatic carbocycles. The van der Waals surface area contributed by atoms with Crippen LogP contribution in [0.4, 0.5) is 5.82 Å². The van der Waals surface area contributed by atoms with Crippen molar-refractivity contribution in [2.24, 2.45) is 5.92 Å². The smallest absolute Gasteiger partial charge is 0.303 e. The quantitative estimate of drug-likeness (QED) is 0.423. The van der Waals surface area contributed by atoms with Gasteiger partial charge in [-0.15, -0.1) is 0 Å². The number of hydrogen-bond acceptors (Lipinski definition) is 7. The molecule has 0 spiro atoms. The van der Waals surface area contributed by atoms with Crippen LogP contribution in [0.25, 0.3) is 6.08 Å². The molecule has 8 nitrogen and oxygen atoms in total. The Morgan fingerprint density at radius 3 is 2.56 bits per heavy atom. The van der Waals surface area contributed by atoms with Gasteiger partial charge in [0.1, 0.15) is 21.8 Å². The zero-order valence-electron chi connectivity index (χ0n) is 19.8. The minimum Gasteiger partial charge on any atom is -0.481 e. The van der Waals surface area contributed by atoms with E-state index in [2.05, 4.69) is 17.9 Å². The zero-order chi connectivity index (χ0) is 25.0. The van der Waals surface area contributed by atoms with E-state index in [1.54, 1.807) is 17.6 Å². The highest BCUT2D eigenvalue weighted by Gasteiger charge is 2.33. The monoisotopic (exact) mass is 502 g/mol. The number of piperidine rings is 1.